The summed E-state index contributed by atoms with van der Waals surface area (Å²) in [6.07, 6.45) is -3.80. The standard InChI is InChI=1S/C28H30F3N5O2/c1-20(2)36-14-12-35(13-15-36)16-17-38-24-10-9-22(27-32-19-25(34-27)28(29,30)31)18-23(24)33-26(37)11-8-21-6-4-3-5-7-21/h3-7,9-10,18-20H,12-17H2,1-2H3,(H,32,34)(H,33,37). The molecule has 0 aliphatic carbocycles. The SMILES string of the molecule is CC(C)N1CCN(CCOc2ccc(-c3ncc(C(F)(F)F)[nH]3)cc2NC(=O)C#Cc2ccccc2)CC1. The molecule has 10 heteroatoms. The van der Waals surface area contributed by atoms with Crippen molar-refractivity contribution in [1.29, 1.82) is 0 Å². The summed E-state index contributed by atoms with van der Waals surface area (Å²) in [5, 5.41) is 2.71. The van der Waals surface area contributed by atoms with Gasteiger partial charge in [0, 0.05) is 55.8 Å². The van der Waals surface area contributed by atoms with Gasteiger partial charge in [0.05, 0.1) is 11.9 Å². The molecule has 2 N–H and O–H groups in total. The number of alkyl halides is 3. The van der Waals surface area contributed by atoms with Crippen LogP contribution in [0.4, 0.5) is 18.9 Å². The van der Waals surface area contributed by atoms with Gasteiger partial charge in [-0.05, 0) is 44.2 Å². The van der Waals surface area contributed by atoms with E-state index in [9.17, 15) is 18.0 Å². The fourth-order valence-corrected chi connectivity index (χ4v) is 4.10. The maximum Gasteiger partial charge on any atom is 0.432 e. The predicted molar refractivity (Wildman–Crippen MR) is 140 cm³/mol. The molecule has 0 spiro atoms. The number of aromatic nitrogens is 2. The van der Waals surface area contributed by atoms with Crippen LogP contribution in [0.15, 0.2) is 54.7 Å². The zero-order chi connectivity index (χ0) is 27.1. The number of nitrogens with zero attached hydrogens (tertiary/aromatic N) is 3. The van der Waals surface area contributed by atoms with Crippen LogP contribution in [-0.2, 0) is 11.0 Å². The van der Waals surface area contributed by atoms with Crippen molar-refractivity contribution >= 4 is 11.6 Å². The molecule has 0 unspecified atom stereocenters. The molecular formula is C28H30F3N5O2. The Labute approximate surface area is 220 Å². The molecule has 0 bridgehead atoms. The molecule has 1 aliphatic heterocycles. The number of carbonyl (C=O) groups excluding carboxylic acids is 1. The molecule has 4 rings (SSSR count). The third-order valence-corrected chi connectivity index (χ3v) is 6.28. The van der Waals surface area contributed by atoms with Gasteiger partial charge in [-0.3, -0.25) is 14.6 Å². The van der Waals surface area contributed by atoms with Gasteiger partial charge < -0.3 is 15.0 Å². The monoisotopic (exact) mass is 525 g/mol. The number of ether oxygens (including phenoxy) is 1. The summed E-state index contributed by atoms with van der Waals surface area (Å²) in [5.41, 5.74) is 0.388. The molecule has 0 atom stereocenters. The number of amides is 1. The van der Waals surface area contributed by atoms with Gasteiger partial charge in [-0.2, -0.15) is 13.2 Å². The van der Waals surface area contributed by atoms with Gasteiger partial charge in [0.2, 0.25) is 0 Å². The van der Waals surface area contributed by atoms with E-state index >= 15 is 0 Å². The van der Waals surface area contributed by atoms with Crippen LogP contribution in [0, 0.1) is 11.8 Å². The van der Waals surface area contributed by atoms with Gasteiger partial charge in [0.1, 0.15) is 23.9 Å². The number of nitrogens with one attached hydrogen (secondary N) is 2. The quantitative estimate of drug-likeness (QED) is 0.445. The van der Waals surface area contributed by atoms with Crippen LogP contribution in [0.1, 0.15) is 25.1 Å². The highest BCUT2D eigenvalue weighted by Gasteiger charge is 2.33. The van der Waals surface area contributed by atoms with E-state index in [1.165, 1.54) is 6.07 Å². The van der Waals surface area contributed by atoms with Crippen LogP contribution in [-0.4, -0.2) is 71.0 Å². The van der Waals surface area contributed by atoms with E-state index in [0.717, 1.165) is 32.4 Å². The van der Waals surface area contributed by atoms with Crippen molar-refractivity contribution in [3.05, 3.63) is 66.0 Å². The second kappa shape index (κ2) is 12.2. The lowest BCUT2D eigenvalue weighted by atomic mass is 10.1. The van der Waals surface area contributed by atoms with Crippen molar-refractivity contribution in [3.63, 3.8) is 0 Å². The zero-order valence-corrected chi connectivity index (χ0v) is 21.3. The Balaban J connectivity index is 1.48. The van der Waals surface area contributed by atoms with E-state index in [-0.39, 0.29) is 5.82 Å². The van der Waals surface area contributed by atoms with Crippen LogP contribution < -0.4 is 10.1 Å². The molecule has 38 heavy (non-hydrogen) atoms. The number of benzene rings is 2. The Kier molecular flexibility index (Phi) is 8.71. The first-order chi connectivity index (χ1) is 18.2. The van der Waals surface area contributed by atoms with E-state index in [2.05, 4.69) is 50.8 Å². The van der Waals surface area contributed by atoms with Crippen molar-refractivity contribution in [2.24, 2.45) is 0 Å². The summed E-state index contributed by atoms with van der Waals surface area (Å²) in [5.74, 6) is 5.18. The molecule has 2 aromatic carbocycles. The first-order valence-corrected chi connectivity index (χ1v) is 12.4. The fraction of sp³-hybridized carbons (Fsp3) is 0.357. The Bertz CT molecular complexity index is 1290. The van der Waals surface area contributed by atoms with E-state index in [0.29, 0.717) is 41.8 Å². The number of halogens is 3. The highest BCUT2D eigenvalue weighted by atomic mass is 19.4. The van der Waals surface area contributed by atoms with Gasteiger partial charge in [-0.1, -0.05) is 24.1 Å². The Hall–Kier alpha value is -3.81. The second-order valence-electron chi connectivity index (χ2n) is 9.24. The van der Waals surface area contributed by atoms with Crippen molar-refractivity contribution in [3.8, 4) is 29.0 Å². The van der Waals surface area contributed by atoms with Crippen molar-refractivity contribution in [2.75, 3.05) is 44.6 Å². The van der Waals surface area contributed by atoms with Crippen molar-refractivity contribution in [2.45, 2.75) is 26.1 Å². The van der Waals surface area contributed by atoms with Crippen molar-refractivity contribution in [1.82, 2.24) is 19.8 Å². The molecule has 7 nitrogen and oxygen atoms in total. The maximum atomic E-state index is 13.0. The molecule has 2 heterocycles. The number of rotatable bonds is 7. The first kappa shape index (κ1) is 27.2. The average molecular weight is 526 g/mol. The average Bonchev–Trinajstić information content (AvgIpc) is 3.40. The molecule has 1 fully saturated rings. The number of H-pyrrole nitrogens is 1. The van der Waals surface area contributed by atoms with Crippen LogP contribution in [0.2, 0.25) is 0 Å². The summed E-state index contributed by atoms with van der Waals surface area (Å²) < 4.78 is 45.1. The molecule has 0 saturated carbocycles. The van der Waals surface area contributed by atoms with E-state index < -0.39 is 17.8 Å². The molecule has 1 amide bonds. The minimum absolute atomic E-state index is 0.0257. The largest absolute Gasteiger partial charge is 0.490 e. The van der Waals surface area contributed by atoms with Gasteiger partial charge >= 0.3 is 12.1 Å². The first-order valence-electron chi connectivity index (χ1n) is 12.4. The Morgan fingerprint density at radius 2 is 1.87 bits per heavy atom. The highest BCUT2D eigenvalue weighted by molar-refractivity contribution is 6.05. The maximum absolute atomic E-state index is 13.0. The molecule has 3 aromatic rings. The van der Waals surface area contributed by atoms with Gasteiger partial charge in [0.15, 0.2) is 0 Å². The van der Waals surface area contributed by atoms with Gasteiger partial charge in [-0.25, -0.2) is 4.98 Å². The fourth-order valence-electron chi connectivity index (χ4n) is 4.10. The molecule has 200 valence electrons. The Morgan fingerprint density at radius 1 is 1.13 bits per heavy atom. The van der Waals surface area contributed by atoms with E-state index in [1.807, 2.05) is 18.2 Å². The number of piperazine rings is 1. The smallest absolute Gasteiger partial charge is 0.432 e. The molecule has 1 aromatic heterocycles. The summed E-state index contributed by atoms with van der Waals surface area (Å²) in [7, 11) is 0. The lowest BCUT2D eigenvalue weighted by molar-refractivity contribution is -0.140. The second-order valence-corrected chi connectivity index (χ2v) is 9.24. The number of anilines is 1. The third kappa shape index (κ3) is 7.37. The topological polar surface area (TPSA) is 73.5 Å². The predicted octanol–water partition coefficient (Wildman–Crippen LogP) is 4.49. The lowest BCUT2D eigenvalue weighted by Gasteiger charge is -2.36. The summed E-state index contributed by atoms with van der Waals surface area (Å²) in [6, 6.07) is 14.3. The molecular weight excluding hydrogens is 495 g/mol. The van der Waals surface area contributed by atoms with Crippen LogP contribution in [0.5, 0.6) is 5.75 Å². The van der Waals surface area contributed by atoms with Crippen molar-refractivity contribution < 1.29 is 22.7 Å². The summed E-state index contributed by atoms with van der Waals surface area (Å²) >= 11 is 0. The number of imidazole rings is 1. The number of hydrogen-bond acceptors (Lipinski definition) is 5. The number of carbonyl (C=O) groups is 1. The minimum atomic E-state index is -4.54. The number of aromatic amines is 1. The van der Waals surface area contributed by atoms with E-state index in [4.69, 9.17) is 4.74 Å². The Morgan fingerprint density at radius 3 is 2.53 bits per heavy atom. The summed E-state index contributed by atoms with van der Waals surface area (Å²) in [4.78, 5) is 23.5. The lowest BCUT2D eigenvalue weighted by Crippen LogP contribution is -2.49. The third-order valence-electron chi connectivity index (χ3n) is 6.28. The highest BCUT2D eigenvalue weighted by Crippen LogP contribution is 2.33. The van der Waals surface area contributed by atoms with Crippen LogP contribution in [0.3, 0.4) is 0 Å². The normalized spacial score (nSPS) is 14.7. The van der Waals surface area contributed by atoms with Gasteiger partial charge in [0.25, 0.3) is 0 Å². The van der Waals surface area contributed by atoms with Crippen LogP contribution in [0.25, 0.3) is 11.4 Å². The van der Waals surface area contributed by atoms with E-state index in [1.54, 1.807) is 24.3 Å². The summed E-state index contributed by atoms with van der Waals surface area (Å²) in [6.45, 7) is 9.36. The van der Waals surface area contributed by atoms with Crippen LogP contribution >= 0.6 is 0 Å². The molecule has 0 radical (unpaired) electrons. The number of hydrogen-bond donors (Lipinski definition) is 2. The molecule has 1 saturated heterocycles. The minimum Gasteiger partial charge on any atom is -0.490 e. The van der Waals surface area contributed by atoms with Gasteiger partial charge in [-0.15, -0.1) is 0 Å². The molecule has 1 aliphatic rings. The zero-order valence-electron chi connectivity index (χ0n) is 21.3.